The van der Waals surface area contributed by atoms with Crippen LogP contribution in [0.4, 0.5) is 4.79 Å². The number of ketones is 1. The van der Waals surface area contributed by atoms with Gasteiger partial charge in [0, 0.05) is 35.7 Å². The fraction of sp³-hybridized carbons (Fsp3) is 0.500. The van der Waals surface area contributed by atoms with Crippen molar-refractivity contribution in [1.82, 2.24) is 10.2 Å². The first-order valence-electron chi connectivity index (χ1n) is 19.0. The SMILES string of the molecule is CC1=CCCC2(C)C(CCC2(O)CN(CC2CCCO2)C(=O)NC(C)C)c2ccc(cc2C(=O)c2ccc(-c3ccccc3)cc2)CC(O)CC1. The third-order valence-corrected chi connectivity index (χ3v) is 11.8. The summed E-state index contributed by atoms with van der Waals surface area (Å²) in [7, 11) is 0. The number of nitrogens with one attached hydrogen (secondary N) is 1. The first kappa shape index (κ1) is 37.0. The average molecular weight is 693 g/mol. The zero-order valence-electron chi connectivity index (χ0n) is 30.9. The molecule has 272 valence electrons. The van der Waals surface area contributed by atoms with Crippen LogP contribution in [0.25, 0.3) is 11.1 Å². The van der Waals surface area contributed by atoms with E-state index in [0.29, 0.717) is 56.4 Å². The third kappa shape index (κ3) is 8.32. The Morgan fingerprint density at radius 1 is 0.980 bits per heavy atom. The van der Waals surface area contributed by atoms with E-state index in [2.05, 4.69) is 49.5 Å². The quantitative estimate of drug-likeness (QED) is 0.163. The van der Waals surface area contributed by atoms with Gasteiger partial charge in [0.05, 0.1) is 24.4 Å². The standard InChI is InChI=1S/C44H56N2O5/c1-30(2)45-42(49)46(28-37-13-9-25-51-37)29-44(50)24-22-40-38-21-15-32(26-36(47)20-14-31(3)10-8-23-43(40,44)4)27-39(38)41(48)35-18-16-34(17-19-35)33-11-6-5-7-12-33/h5-7,10-12,15-19,21,27,30,36-37,40,47,50H,8-9,13-14,20,22-26,28-29H2,1-4H3,(H,45,49). The fourth-order valence-corrected chi connectivity index (χ4v) is 8.70. The predicted molar refractivity (Wildman–Crippen MR) is 203 cm³/mol. The van der Waals surface area contributed by atoms with Crippen molar-refractivity contribution in [3.05, 3.63) is 107 Å². The highest BCUT2D eigenvalue weighted by Crippen LogP contribution is 2.59. The highest BCUT2D eigenvalue weighted by Gasteiger charge is 2.57. The molecular weight excluding hydrogens is 636 g/mol. The average Bonchev–Trinajstić information content (AvgIpc) is 3.72. The van der Waals surface area contributed by atoms with Gasteiger partial charge in [0.15, 0.2) is 5.78 Å². The number of amides is 2. The number of aliphatic hydroxyl groups excluding tert-OH is 1. The number of ether oxygens (including phenoxy) is 1. The van der Waals surface area contributed by atoms with Crippen LogP contribution in [0.3, 0.4) is 0 Å². The number of hydrogen-bond donors (Lipinski definition) is 3. The fourth-order valence-electron chi connectivity index (χ4n) is 8.70. The number of fused-ring (bicyclic) bond motifs is 8. The number of urea groups is 1. The number of allylic oxidation sites excluding steroid dienone is 2. The highest BCUT2D eigenvalue weighted by atomic mass is 16.5. The molecule has 1 heterocycles. The van der Waals surface area contributed by atoms with Crippen molar-refractivity contribution in [2.45, 2.75) is 115 Å². The molecular formula is C44H56N2O5. The Hall–Kier alpha value is -3.78. The van der Waals surface area contributed by atoms with Gasteiger partial charge in [-0.1, -0.05) is 85.3 Å². The van der Waals surface area contributed by atoms with Crippen molar-refractivity contribution >= 4 is 11.8 Å². The number of carbonyl (C=O) groups is 2. The van der Waals surface area contributed by atoms with Gasteiger partial charge in [0.25, 0.3) is 0 Å². The lowest BCUT2D eigenvalue weighted by Gasteiger charge is -2.46. The van der Waals surface area contributed by atoms with Gasteiger partial charge in [-0.05, 0) is 113 Å². The maximum Gasteiger partial charge on any atom is 0.317 e. The Kier molecular flexibility index (Phi) is 11.5. The largest absolute Gasteiger partial charge is 0.393 e. The van der Waals surface area contributed by atoms with E-state index in [0.717, 1.165) is 47.9 Å². The molecule has 51 heavy (non-hydrogen) atoms. The molecule has 3 N–H and O–H groups in total. The molecule has 5 atom stereocenters. The second kappa shape index (κ2) is 15.9. The maximum atomic E-state index is 14.6. The molecule has 3 aromatic rings. The zero-order chi connectivity index (χ0) is 36.2. The molecule has 5 unspecified atom stereocenters. The molecule has 0 aromatic heterocycles. The Bertz CT molecular complexity index is 1700. The van der Waals surface area contributed by atoms with Crippen LogP contribution in [0.1, 0.15) is 112 Å². The van der Waals surface area contributed by atoms with Crippen molar-refractivity contribution in [3.63, 3.8) is 0 Å². The van der Waals surface area contributed by atoms with Crippen LogP contribution in [0.5, 0.6) is 0 Å². The number of hydrogen-bond acceptors (Lipinski definition) is 5. The van der Waals surface area contributed by atoms with Gasteiger partial charge in [-0.25, -0.2) is 4.79 Å². The molecule has 3 aliphatic carbocycles. The van der Waals surface area contributed by atoms with Crippen LogP contribution >= 0.6 is 0 Å². The summed E-state index contributed by atoms with van der Waals surface area (Å²) in [6.45, 7) is 9.51. The van der Waals surface area contributed by atoms with Crippen LogP contribution < -0.4 is 5.32 Å². The molecule has 2 fully saturated rings. The summed E-state index contributed by atoms with van der Waals surface area (Å²) in [5.74, 6) is -0.184. The number of benzene rings is 3. The lowest BCUT2D eigenvalue weighted by Crippen LogP contribution is -2.57. The second-order valence-corrected chi connectivity index (χ2v) is 15.8. The summed E-state index contributed by atoms with van der Waals surface area (Å²) in [4.78, 5) is 30.0. The van der Waals surface area contributed by atoms with Crippen LogP contribution in [0, 0.1) is 5.41 Å². The predicted octanol–water partition coefficient (Wildman–Crippen LogP) is 8.22. The van der Waals surface area contributed by atoms with Gasteiger partial charge in [-0.15, -0.1) is 0 Å². The lowest BCUT2D eigenvalue weighted by atomic mass is 9.64. The first-order chi connectivity index (χ1) is 24.5. The molecule has 3 aromatic carbocycles. The molecule has 7 nitrogen and oxygen atoms in total. The highest BCUT2D eigenvalue weighted by molar-refractivity contribution is 6.10. The van der Waals surface area contributed by atoms with Gasteiger partial charge in [0.1, 0.15) is 0 Å². The second-order valence-electron chi connectivity index (χ2n) is 15.8. The maximum absolute atomic E-state index is 14.6. The van der Waals surface area contributed by atoms with Gasteiger partial charge in [0.2, 0.25) is 0 Å². The molecule has 1 saturated carbocycles. The summed E-state index contributed by atoms with van der Waals surface area (Å²) in [5.41, 5.74) is 4.62. The number of carbonyl (C=O) groups excluding carboxylic acids is 2. The van der Waals surface area contributed by atoms with E-state index in [9.17, 15) is 19.8 Å². The van der Waals surface area contributed by atoms with Gasteiger partial charge >= 0.3 is 6.03 Å². The first-order valence-corrected chi connectivity index (χ1v) is 19.0. The topological polar surface area (TPSA) is 99.1 Å². The lowest BCUT2D eigenvalue weighted by molar-refractivity contribution is -0.0808. The molecule has 2 bridgehead atoms. The Labute approximate surface area is 304 Å². The molecule has 1 saturated heterocycles. The normalized spacial score (nSPS) is 26.7. The Morgan fingerprint density at radius 2 is 1.73 bits per heavy atom. The monoisotopic (exact) mass is 692 g/mol. The van der Waals surface area contributed by atoms with E-state index >= 15 is 0 Å². The Balaban J connectivity index is 1.39. The number of rotatable bonds is 8. The smallest absolute Gasteiger partial charge is 0.317 e. The summed E-state index contributed by atoms with van der Waals surface area (Å²) < 4.78 is 5.97. The van der Waals surface area contributed by atoms with Gasteiger partial charge in [-0.2, -0.15) is 0 Å². The van der Waals surface area contributed by atoms with E-state index in [-0.39, 0.29) is 36.4 Å². The molecule has 7 heteroatoms. The minimum absolute atomic E-state index is 0.0408. The van der Waals surface area contributed by atoms with Crippen molar-refractivity contribution in [3.8, 4) is 11.1 Å². The Morgan fingerprint density at radius 3 is 2.43 bits per heavy atom. The summed E-state index contributed by atoms with van der Waals surface area (Å²) in [5, 5.41) is 27.0. The van der Waals surface area contributed by atoms with Crippen molar-refractivity contribution in [2.24, 2.45) is 5.41 Å². The van der Waals surface area contributed by atoms with Crippen molar-refractivity contribution in [1.29, 1.82) is 0 Å². The number of aliphatic hydroxyl groups is 2. The molecule has 7 rings (SSSR count). The van der Waals surface area contributed by atoms with E-state index < -0.39 is 17.1 Å². The van der Waals surface area contributed by atoms with E-state index in [4.69, 9.17) is 4.74 Å². The summed E-state index contributed by atoms with van der Waals surface area (Å²) >= 11 is 0. The van der Waals surface area contributed by atoms with Crippen LogP contribution in [-0.4, -0.2) is 70.5 Å². The molecule has 0 spiro atoms. The van der Waals surface area contributed by atoms with Crippen LogP contribution in [-0.2, 0) is 11.2 Å². The number of nitrogens with zero attached hydrogens (tertiary/aromatic N) is 1. The minimum Gasteiger partial charge on any atom is -0.393 e. The van der Waals surface area contributed by atoms with E-state index in [1.165, 1.54) is 5.57 Å². The summed E-state index contributed by atoms with van der Waals surface area (Å²) in [6, 6.07) is 23.8. The van der Waals surface area contributed by atoms with E-state index in [1.54, 1.807) is 4.90 Å². The minimum atomic E-state index is -1.20. The van der Waals surface area contributed by atoms with Crippen molar-refractivity contribution < 1.29 is 24.5 Å². The molecule has 2 amide bonds. The molecule has 0 radical (unpaired) electrons. The molecule has 1 aliphatic heterocycles. The zero-order valence-corrected chi connectivity index (χ0v) is 30.9. The van der Waals surface area contributed by atoms with Gasteiger partial charge < -0.3 is 25.2 Å². The van der Waals surface area contributed by atoms with Crippen LogP contribution in [0.2, 0.25) is 0 Å². The van der Waals surface area contributed by atoms with E-state index in [1.807, 2.05) is 62.4 Å². The third-order valence-electron chi connectivity index (χ3n) is 11.8. The summed E-state index contributed by atoms with van der Waals surface area (Å²) in [6.07, 6.45) is 8.08. The van der Waals surface area contributed by atoms with Crippen molar-refractivity contribution in [2.75, 3.05) is 19.7 Å². The van der Waals surface area contributed by atoms with Gasteiger partial charge in [-0.3, -0.25) is 4.79 Å². The van der Waals surface area contributed by atoms with Crippen LogP contribution in [0.15, 0.2) is 84.4 Å². The molecule has 4 aliphatic rings.